The molecule has 1 atom stereocenters. The first-order valence-corrected chi connectivity index (χ1v) is 8.31. The van der Waals surface area contributed by atoms with Crippen LogP contribution in [0.5, 0.6) is 0 Å². The number of carboxylic acids is 1. The van der Waals surface area contributed by atoms with E-state index >= 15 is 0 Å². The van der Waals surface area contributed by atoms with E-state index in [-0.39, 0.29) is 5.75 Å². The second kappa shape index (κ2) is 8.90. The molecule has 0 saturated heterocycles. The first kappa shape index (κ1) is 17.9. The van der Waals surface area contributed by atoms with Gasteiger partial charge in [0.05, 0.1) is 11.5 Å². The molecular weight excluding hydrogens is 270 g/mol. The average Bonchev–Trinajstić information content (AvgIpc) is 2.26. The first-order valence-electron chi connectivity index (χ1n) is 6.49. The molecule has 0 fully saturated rings. The summed E-state index contributed by atoms with van der Waals surface area (Å²) in [5, 5.41) is 11.0. The Hall–Kier alpha value is -1.11. The van der Waals surface area contributed by atoms with Crippen LogP contribution in [0.1, 0.15) is 46.0 Å². The molecule has 6 nitrogen and oxygen atoms in total. The van der Waals surface area contributed by atoms with Crippen LogP contribution in [0.25, 0.3) is 0 Å². The Morgan fingerprint density at radius 3 is 2.21 bits per heavy atom. The third kappa shape index (κ3) is 9.47. The van der Waals surface area contributed by atoms with Crippen molar-refractivity contribution in [3.63, 3.8) is 0 Å². The van der Waals surface area contributed by atoms with Gasteiger partial charge in [-0.1, -0.05) is 32.6 Å². The van der Waals surface area contributed by atoms with Crippen molar-refractivity contribution >= 4 is 21.7 Å². The van der Waals surface area contributed by atoms with E-state index < -0.39 is 33.5 Å². The maximum absolute atomic E-state index is 11.7. The van der Waals surface area contributed by atoms with Crippen LogP contribution in [-0.2, 0) is 19.4 Å². The van der Waals surface area contributed by atoms with Gasteiger partial charge in [0.25, 0.3) is 0 Å². The summed E-state index contributed by atoms with van der Waals surface area (Å²) >= 11 is 0. The zero-order chi connectivity index (χ0) is 14.9. The van der Waals surface area contributed by atoms with Crippen molar-refractivity contribution in [3.05, 3.63) is 0 Å². The normalized spacial score (nSPS) is 12.9. The van der Waals surface area contributed by atoms with Crippen LogP contribution in [0, 0.1) is 0 Å². The van der Waals surface area contributed by atoms with Gasteiger partial charge >= 0.3 is 5.97 Å². The number of unbranched alkanes of at least 4 members (excludes halogenated alkanes) is 4. The van der Waals surface area contributed by atoms with Gasteiger partial charge in [-0.25, -0.2) is 13.2 Å². The fourth-order valence-electron chi connectivity index (χ4n) is 1.68. The van der Waals surface area contributed by atoms with E-state index in [1.807, 2.05) is 0 Å². The van der Waals surface area contributed by atoms with E-state index in [1.165, 1.54) is 0 Å². The van der Waals surface area contributed by atoms with E-state index in [0.717, 1.165) is 32.6 Å². The molecular formula is C12H23NO5S. The van der Waals surface area contributed by atoms with Crippen molar-refractivity contribution in [2.75, 3.05) is 11.5 Å². The standard InChI is InChI=1S/C12H23NO5S/c1-3-4-5-6-7-8-19(17,18)9-11(12(15)16)13-10(2)14/h11H,3-9H2,1-2H3,(H,13,14)(H,15,16)/t11-/m0/s1. The highest BCUT2D eigenvalue weighted by Crippen LogP contribution is 2.06. The maximum atomic E-state index is 11.7. The van der Waals surface area contributed by atoms with Gasteiger partial charge in [0.15, 0.2) is 9.84 Å². The molecule has 112 valence electrons. The predicted octanol–water partition coefficient (Wildman–Crippen LogP) is 0.961. The summed E-state index contributed by atoms with van der Waals surface area (Å²) in [5.41, 5.74) is 0. The van der Waals surface area contributed by atoms with Crippen molar-refractivity contribution in [1.82, 2.24) is 5.32 Å². The zero-order valence-electron chi connectivity index (χ0n) is 11.5. The van der Waals surface area contributed by atoms with E-state index in [4.69, 9.17) is 5.11 Å². The van der Waals surface area contributed by atoms with Gasteiger partial charge in [-0.3, -0.25) is 4.79 Å². The average molecular weight is 293 g/mol. The van der Waals surface area contributed by atoms with Gasteiger partial charge in [-0.2, -0.15) is 0 Å². The fourth-order valence-corrected chi connectivity index (χ4v) is 3.23. The van der Waals surface area contributed by atoms with Crippen LogP contribution in [0.15, 0.2) is 0 Å². The summed E-state index contributed by atoms with van der Waals surface area (Å²) < 4.78 is 23.5. The van der Waals surface area contributed by atoms with Gasteiger partial charge in [-0.05, 0) is 6.42 Å². The van der Waals surface area contributed by atoms with Gasteiger partial charge in [0, 0.05) is 6.92 Å². The van der Waals surface area contributed by atoms with E-state index in [9.17, 15) is 18.0 Å². The summed E-state index contributed by atoms with van der Waals surface area (Å²) in [6.45, 7) is 3.23. The van der Waals surface area contributed by atoms with Crippen LogP contribution in [-0.4, -0.2) is 42.9 Å². The van der Waals surface area contributed by atoms with E-state index in [0.29, 0.717) is 6.42 Å². The largest absolute Gasteiger partial charge is 0.480 e. The topological polar surface area (TPSA) is 101 Å². The molecule has 2 N–H and O–H groups in total. The minimum atomic E-state index is -3.45. The maximum Gasteiger partial charge on any atom is 0.327 e. The second-order valence-corrected chi connectivity index (χ2v) is 6.85. The molecule has 0 spiro atoms. The highest BCUT2D eigenvalue weighted by atomic mass is 32.2. The molecule has 0 rings (SSSR count). The number of amides is 1. The number of nitrogens with one attached hydrogen (secondary N) is 1. The lowest BCUT2D eigenvalue weighted by atomic mass is 10.2. The van der Waals surface area contributed by atoms with Crippen molar-refractivity contribution in [2.45, 2.75) is 52.0 Å². The summed E-state index contributed by atoms with van der Waals surface area (Å²) in [5.74, 6) is -2.45. The highest BCUT2D eigenvalue weighted by molar-refractivity contribution is 7.91. The van der Waals surface area contributed by atoms with Gasteiger partial charge in [0.1, 0.15) is 6.04 Å². The number of rotatable bonds is 10. The van der Waals surface area contributed by atoms with Crippen LogP contribution in [0.4, 0.5) is 0 Å². The summed E-state index contributed by atoms with van der Waals surface area (Å²) in [6.07, 6.45) is 4.50. The third-order valence-electron chi connectivity index (χ3n) is 2.66. The minimum Gasteiger partial charge on any atom is -0.480 e. The van der Waals surface area contributed by atoms with E-state index in [2.05, 4.69) is 12.2 Å². The molecule has 0 aromatic rings. The van der Waals surface area contributed by atoms with Crippen molar-refractivity contribution < 1.29 is 23.1 Å². The molecule has 0 bridgehead atoms. The van der Waals surface area contributed by atoms with Crippen molar-refractivity contribution in [2.24, 2.45) is 0 Å². The number of hydrogen-bond acceptors (Lipinski definition) is 4. The van der Waals surface area contributed by atoms with Crippen LogP contribution in [0.2, 0.25) is 0 Å². The molecule has 1 amide bonds. The Balaban J connectivity index is 4.24. The molecule has 0 radical (unpaired) electrons. The van der Waals surface area contributed by atoms with Gasteiger partial charge in [0.2, 0.25) is 5.91 Å². The molecule has 0 aliphatic rings. The Bertz CT molecular complexity index is 391. The monoisotopic (exact) mass is 293 g/mol. The number of carbonyl (C=O) groups is 2. The van der Waals surface area contributed by atoms with Gasteiger partial charge in [-0.15, -0.1) is 0 Å². The zero-order valence-corrected chi connectivity index (χ0v) is 12.3. The van der Waals surface area contributed by atoms with E-state index in [1.54, 1.807) is 0 Å². The summed E-state index contributed by atoms with van der Waals surface area (Å²) in [4.78, 5) is 21.7. The third-order valence-corrected chi connectivity index (χ3v) is 4.41. The summed E-state index contributed by atoms with van der Waals surface area (Å²) in [7, 11) is -3.45. The molecule has 19 heavy (non-hydrogen) atoms. The molecule has 0 unspecified atom stereocenters. The number of hydrogen-bond donors (Lipinski definition) is 2. The SMILES string of the molecule is CCCCCCCS(=O)(=O)C[C@H](NC(C)=O)C(=O)O. The Morgan fingerprint density at radius 1 is 1.16 bits per heavy atom. The van der Waals surface area contributed by atoms with Crippen LogP contribution >= 0.6 is 0 Å². The Kier molecular flexibility index (Phi) is 8.38. The lowest BCUT2D eigenvalue weighted by Crippen LogP contribution is -2.44. The van der Waals surface area contributed by atoms with Crippen molar-refractivity contribution in [3.8, 4) is 0 Å². The molecule has 7 heteroatoms. The molecule has 0 heterocycles. The summed E-state index contributed by atoms with van der Waals surface area (Å²) in [6, 6.07) is -1.36. The number of carbonyl (C=O) groups excluding carboxylic acids is 1. The van der Waals surface area contributed by atoms with Crippen molar-refractivity contribution in [1.29, 1.82) is 0 Å². The second-order valence-electron chi connectivity index (χ2n) is 4.62. The first-order chi connectivity index (χ1) is 8.78. The molecule has 0 aromatic heterocycles. The van der Waals surface area contributed by atoms with Gasteiger partial charge < -0.3 is 10.4 Å². The smallest absolute Gasteiger partial charge is 0.327 e. The number of sulfone groups is 1. The lowest BCUT2D eigenvalue weighted by molar-refractivity contribution is -0.140. The fraction of sp³-hybridized carbons (Fsp3) is 0.833. The minimum absolute atomic E-state index is 0.0277. The molecule has 0 saturated carbocycles. The number of aliphatic carboxylic acids is 1. The van der Waals surface area contributed by atoms with Crippen LogP contribution < -0.4 is 5.32 Å². The Labute approximate surface area is 114 Å². The molecule has 0 aliphatic heterocycles. The highest BCUT2D eigenvalue weighted by Gasteiger charge is 2.25. The molecule has 0 aromatic carbocycles. The molecule has 0 aliphatic carbocycles. The number of carboxylic acid groups (broad SMARTS) is 1. The van der Waals surface area contributed by atoms with Crippen LogP contribution in [0.3, 0.4) is 0 Å². The quantitative estimate of drug-likeness (QED) is 0.584. The predicted molar refractivity (Wildman–Crippen MR) is 72.7 cm³/mol. The Morgan fingerprint density at radius 2 is 1.74 bits per heavy atom. The lowest BCUT2D eigenvalue weighted by Gasteiger charge is -2.13.